The van der Waals surface area contributed by atoms with E-state index in [2.05, 4.69) is 20.8 Å². The van der Waals surface area contributed by atoms with Crippen molar-refractivity contribution in [3.8, 4) is 0 Å². The molecule has 1 fully saturated rings. The van der Waals surface area contributed by atoms with Crippen molar-refractivity contribution in [2.45, 2.75) is 65.4 Å². The SMILES string of the molecule is CC1=CC(=O)[C@H]2C(C)(C)CCC[C@]2(C)[C@@]1(O)CCC1=CC(=O)OC1. The van der Waals surface area contributed by atoms with Crippen LogP contribution in [0.5, 0.6) is 0 Å². The molecular weight excluding hydrogens is 304 g/mol. The van der Waals surface area contributed by atoms with Gasteiger partial charge >= 0.3 is 5.97 Å². The Kier molecular flexibility index (Phi) is 4.03. The van der Waals surface area contributed by atoms with E-state index in [4.69, 9.17) is 4.74 Å². The molecule has 1 heterocycles. The van der Waals surface area contributed by atoms with Gasteiger partial charge in [-0.05, 0) is 55.2 Å². The van der Waals surface area contributed by atoms with Crippen LogP contribution < -0.4 is 0 Å². The van der Waals surface area contributed by atoms with Crippen LogP contribution >= 0.6 is 0 Å². The number of cyclic esters (lactones) is 1. The fourth-order valence-electron chi connectivity index (χ4n) is 5.46. The second-order valence-corrected chi connectivity index (χ2v) is 8.69. The maximum atomic E-state index is 12.8. The third kappa shape index (κ3) is 2.46. The lowest BCUT2D eigenvalue weighted by atomic mass is 9.46. The van der Waals surface area contributed by atoms with Crippen LogP contribution in [0.25, 0.3) is 0 Å². The van der Waals surface area contributed by atoms with E-state index in [0.717, 1.165) is 30.4 Å². The highest BCUT2D eigenvalue weighted by atomic mass is 16.5. The summed E-state index contributed by atoms with van der Waals surface area (Å²) in [6, 6.07) is 0. The Labute approximate surface area is 144 Å². The summed E-state index contributed by atoms with van der Waals surface area (Å²) in [5, 5.41) is 11.7. The number of carbonyl (C=O) groups is 2. The van der Waals surface area contributed by atoms with Crippen LogP contribution in [-0.2, 0) is 14.3 Å². The molecule has 3 aliphatic rings. The number of hydrogen-bond donors (Lipinski definition) is 1. The Balaban J connectivity index is 1.95. The number of fused-ring (bicyclic) bond motifs is 1. The zero-order valence-electron chi connectivity index (χ0n) is 15.1. The monoisotopic (exact) mass is 332 g/mol. The van der Waals surface area contributed by atoms with Crippen LogP contribution in [0.15, 0.2) is 23.3 Å². The van der Waals surface area contributed by atoms with Crippen molar-refractivity contribution in [2.24, 2.45) is 16.7 Å². The first-order chi connectivity index (χ1) is 11.1. The third-order valence-electron chi connectivity index (χ3n) is 6.71. The van der Waals surface area contributed by atoms with Crippen molar-refractivity contribution in [3.05, 3.63) is 23.3 Å². The van der Waals surface area contributed by atoms with Gasteiger partial charge in [0.1, 0.15) is 6.61 Å². The number of carbonyl (C=O) groups excluding carboxylic acids is 2. The van der Waals surface area contributed by atoms with Gasteiger partial charge in [-0.15, -0.1) is 0 Å². The van der Waals surface area contributed by atoms with Gasteiger partial charge in [0, 0.05) is 17.4 Å². The second kappa shape index (κ2) is 5.55. The van der Waals surface area contributed by atoms with Gasteiger partial charge in [0.25, 0.3) is 0 Å². The standard InChI is InChI=1S/C20H28O4/c1-13-10-15(21)17-18(2,3)7-5-8-19(17,4)20(13,23)9-6-14-11-16(22)24-12-14/h10-11,17,23H,5-9,12H2,1-4H3/t17-,19-,20+/m0/s1. The quantitative estimate of drug-likeness (QED) is 0.805. The largest absolute Gasteiger partial charge is 0.458 e. The fraction of sp³-hybridized carbons (Fsp3) is 0.700. The molecule has 0 aromatic heterocycles. The Hall–Kier alpha value is -1.42. The predicted molar refractivity (Wildman–Crippen MR) is 91.2 cm³/mol. The summed E-state index contributed by atoms with van der Waals surface area (Å²) in [6.07, 6.45) is 7.20. The van der Waals surface area contributed by atoms with Gasteiger partial charge in [-0.25, -0.2) is 4.79 Å². The zero-order valence-corrected chi connectivity index (χ0v) is 15.1. The number of esters is 1. The van der Waals surface area contributed by atoms with Gasteiger partial charge in [0.2, 0.25) is 0 Å². The van der Waals surface area contributed by atoms with Gasteiger partial charge < -0.3 is 9.84 Å². The van der Waals surface area contributed by atoms with Crippen LogP contribution in [0.2, 0.25) is 0 Å². The molecule has 0 unspecified atom stereocenters. The molecule has 4 heteroatoms. The van der Waals surface area contributed by atoms with Crippen molar-refractivity contribution in [1.29, 1.82) is 0 Å². The molecular formula is C20H28O4. The molecule has 0 spiro atoms. The summed E-state index contributed by atoms with van der Waals surface area (Å²) in [4.78, 5) is 24.0. The van der Waals surface area contributed by atoms with E-state index >= 15 is 0 Å². The van der Waals surface area contributed by atoms with Gasteiger partial charge in [0.15, 0.2) is 5.78 Å². The highest BCUT2D eigenvalue weighted by Crippen LogP contribution is 2.61. The molecule has 3 rings (SSSR count). The molecule has 0 amide bonds. The smallest absolute Gasteiger partial charge is 0.331 e. The topological polar surface area (TPSA) is 63.6 Å². The molecule has 3 atom stereocenters. The molecule has 0 bridgehead atoms. The van der Waals surface area contributed by atoms with Crippen molar-refractivity contribution in [3.63, 3.8) is 0 Å². The molecule has 1 saturated carbocycles. The number of ether oxygens (including phenoxy) is 1. The van der Waals surface area contributed by atoms with Gasteiger partial charge in [-0.1, -0.05) is 27.2 Å². The average molecular weight is 332 g/mol. The van der Waals surface area contributed by atoms with E-state index < -0.39 is 11.0 Å². The molecule has 0 aromatic carbocycles. The van der Waals surface area contributed by atoms with Crippen LogP contribution in [-0.4, -0.2) is 29.1 Å². The number of rotatable bonds is 3. The van der Waals surface area contributed by atoms with E-state index in [1.165, 1.54) is 6.08 Å². The predicted octanol–water partition coefficient (Wildman–Crippen LogP) is 3.34. The van der Waals surface area contributed by atoms with E-state index in [9.17, 15) is 14.7 Å². The van der Waals surface area contributed by atoms with E-state index in [1.54, 1.807) is 6.08 Å². The van der Waals surface area contributed by atoms with Crippen molar-refractivity contribution in [2.75, 3.05) is 6.61 Å². The summed E-state index contributed by atoms with van der Waals surface area (Å²) < 4.78 is 4.97. The molecule has 4 nitrogen and oxygen atoms in total. The minimum Gasteiger partial charge on any atom is -0.458 e. The zero-order chi connectivity index (χ0) is 17.8. The van der Waals surface area contributed by atoms with Gasteiger partial charge in [-0.3, -0.25) is 4.79 Å². The Morgan fingerprint density at radius 3 is 2.54 bits per heavy atom. The molecule has 0 radical (unpaired) electrons. The van der Waals surface area contributed by atoms with Crippen molar-refractivity contribution >= 4 is 11.8 Å². The summed E-state index contributed by atoms with van der Waals surface area (Å²) >= 11 is 0. The first kappa shape index (κ1) is 17.4. The molecule has 0 aromatic rings. The van der Waals surface area contributed by atoms with Crippen LogP contribution in [0, 0.1) is 16.7 Å². The minimum absolute atomic E-state index is 0.110. The van der Waals surface area contributed by atoms with Crippen LogP contribution in [0.4, 0.5) is 0 Å². The first-order valence-electron chi connectivity index (χ1n) is 8.91. The molecule has 132 valence electrons. The third-order valence-corrected chi connectivity index (χ3v) is 6.71. The first-order valence-corrected chi connectivity index (χ1v) is 8.91. The second-order valence-electron chi connectivity index (χ2n) is 8.69. The van der Waals surface area contributed by atoms with Crippen molar-refractivity contribution in [1.82, 2.24) is 0 Å². The number of aliphatic hydroxyl groups is 1. The number of allylic oxidation sites excluding steroid dienone is 1. The maximum Gasteiger partial charge on any atom is 0.331 e. The summed E-state index contributed by atoms with van der Waals surface area (Å²) in [7, 11) is 0. The molecule has 2 aliphatic carbocycles. The Bertz CT molecular complexity index is 642. The maximum absolute atomic E-state index is 12.8. The normalized spacial score (nSPS) is 38.3. The van der Waals surface area contributed by atoms with Gasteiger partial charge in [-0.2, -0.15) is 0 Å². The highest BCUT2D eigenvalue weighted by Gasteiger charge is 2.61. The lowest BCUT2D eigenvalue weighted by Gasteiger charge is -2.59. The summed E-state index contributed by atoms with van der Waals surface area (Å²) in [5.41, 5.74) is 0.0916. The van der Waals surface area contributed by atoms with Crippen molar-refractivity contribution < 1.29 is 19.4 Å². The number of hydrogen-bond acceptors (Lipinski definition) is 4. The molecule has 1 aliphatic heterocycles. The van der Waals surface area contributed by atoms with E-state index in [-0.39, 0.29) is 23.1 Å². The molecule has 24 heavy (non-hydrogen) atoms. The Morgan fingerprint density at radius 1 is 1.21 bits per heavy atom. The lowest BCUT2D eigenvalue weighted by molar-refractivity contribution is -0.163. The molecule has 1 N–H and O–H groups in total. The summed E-state index contributed by atoms with van der Waals surface area (Å²) in [5.74, 6) is -0.308. The van der Waals surface area contributed by atoms with E-state index in [1.807, 2.05) is 6.92 Å². The lowest BCUT2D eigenvalue weighted by Crippen LogP contribution is -2.61. The van der Waals surface area contributed by atoms with E-state index in [0.29, 0.717) is 19.4 Å². The van der Waals surface area contributed by atoms with Crippen LogP contribution in [0.3, 0.4) is 0 Å². The average Bonchev–Trinajstić information content (AvgIpc) is 2.87. The minimum atomic E-state index is -1.02. The molecule has 0 saturated heterocycles. The highest BCUT2D eigenvalue weighted by molar-refractivity contribution is 5.95. The fourth-order valence-corrected chi connectivity index (χ4v) is 5.46. The number of ketones is 1. The van der Waals surface area contributed by atoms with Gasteiger partial charge in [0.05, 0.1) is 5.60 Å². The van der Waals surface area contributed by atoms with Crippen LogP contribution in [0.1, 0.15) is 59.8 Å². The Morgan fingerprint density at radius 2 is 1.92 bits per heavy atom. The summed E-state index contributed by atoms with van der Waals surface area (Å²) in [6.45, 7) is 8.56.